The van der Waals surface area contributed by atoms with E-state index >= 15 is 0 Å². The minimum Gasteiger partial charge on any atom is -0.390 e. The van der Waals surface area contributed by atoms with Gasteiger partial charge in [0.25, 0.3) is 0 Å². The summed E-state index contributed by atoms with van der Waals surface area (Å²) in [5.74, 6) is -1.07. The number of aliphatic hydroxyl groups excluding tert-OH is 1. The van der Waals surface area contributed by atoms with Gasteiger partial charge in [-0.1, -0.05) is 18.9 Å². The zero-order chi connectivity index (χ0) is 17.0. The summed E-state index contributed by atoms with van der Waals surface area (Å²) in [5.41, 5.74) is 0.0176. The lowest BCUT2D eigenvalue weighted by atomic mass is 9.87. The Morgan fingerprint density at radius 3 is 2.58 bits per heavy atom. The number of nitrogens with zero attached hydrogens (tertiary/aromatic N) is 1. The quantitative estimate of drug-likeness (QED) is 0.832. The molecule has 0 spiro atoms. The van der Waals surface area contributed by atoms with Crippen LogP contribution in [0.2, 0.25) is 0 Å². The van der Waals surface area contributed by atoms with E-state index in [9.17, 15) is 13.9 Å². The van der Waals surface area contributed by atoms with Crippen molar-refractivity contribution in [2.45, 2.75) is 37.3 Å². The topological polar surface area (TPSA) is 44.7 Å². The van der Waals surface area contributed by atoms with E-state index in [1.165, 1.54) is 12.1 Å². The summed E-state index contributed by atoms with van der Waals surface area (Å²) in [6, 6.07) is 3.79. The maximum absolute atomic E-state index is 14.3. The zero-order valence-corrected chi connectivity index (χ0v) is 13.9. The second kappa shape index (κ2) is 7.87. The maximum atomic E-state index is 14.3. The molecule has 1 saturated carbocycles. The van der Waals surface area contributed by atoms with Crippen molar-refractivity contribution >= 4 is 0 Å². The third kappa shape index (κ3) is 4.11. The summed E-state index contributed by atoms with van der Waals surface area (Å²) in [5, 5.41) is 13.7. The molecule has 1 aromatic rings. The lowest BCUT2D eigenvalue weighted by Crippen LogP contribution is -2.48. The normalized spacial score (nSPS) is 22.6. The van der Waals surface area contributed by atoms with Gasteiger partial charge in [0.05, 0.1) is 19.3 Å². The van der Waals surface area contributed by atoms with Crippen molar-refractivity contribution in [1.29, 1.82) is 0 Å². The smallest absolute Gasteiger partial charge is 0.131 e. The van der Waals surface area contributed by atoms with E-state index in [0.29, 0.717) is 31.9 Å². The number of rotatable bonds is 6. The van der Waals surface area contributed by atoms with Gasteiger partial charge in [-0.25, -0.2) is 8.78 Å². The Kier molecular flexibility index (Phi) is 5.81. The van der Waals surface area contributed by atoms with Crippen LogP contribution in [0.25, 0.3) is 0 Å². The standard InChI is InChI=1S/C18H26F2N2O2/c19-14-3-4-16(17(20)11-14)18(5-1-2-6-18)21-12-15(23)13-22-7-9-24-10-8-22/h3-4,11,15,21,23H,1-2,5-10,12-13H2/t15-/m0/s1. The van der Waals surface area contributed by atoms with Gasteiger partial charge in [-0.05, 0) is 18.9 Å². The molecule has 134 valence electrons. The van der Waals surface area contributed by atoms with Crippen LogP contribution in [0.1, 0.15) is 31.2 Å². The van der Waals surface area contributed by atoms with E-state index in [-0.39, 0.29) is 0 Å². The fraction of sp³-hybridized carbons (Fsp3) is 0.667. The zero-order valence-electron chi connectivity index (χ0n) is 13.9. The first-order chi connectivity index (χ1) is 11.6. The molecule has 24 heavy (non-hydrogen) atoms. The highest BCUT2D eigenvalue weighted by Crippen LogP contribution is 2.40. The number of morpholine rings is 1. The Morgan fingerprint density at radius 1 is 1.21 bits per heavy atom. The van der Waals surface area contributed by atoms with Crippen LogP contribution in [-0.2, 0) is 10.3 Å². The maximum Gasteiger partial charge on any atom is 0.131 e. The highest BCUT2D eigenvalue weighted by molar-refractivity contribution is 5.28. The first-order valence-corrected chi connectivity index (χ1v) is 8.78. The highest BCUT2D eigenvalue weighted by atomic mass is 19.1. The third-order valence-electron chi connectivity index (χ3n) is 5.15. The second-order valence-electron chi connectivity index (χ2n) is 6.86. The molecule has 2 N–H and O–H groups in total. The number of benzene rings is 1. The molecule has 0 aromatic heterocycles. The minimum atomic E-state index is -0.559. The van der Waals surface area contributed by atoms with Crippen LogP contribution in [0.5, 0.6) is 0 Å². The number of β-amino-alcohol motifs (C(OH)–C–C–N with tert-alkyl or cyclic N) is 1. The Balaban J connectivity index is 1.63. The first kappa shape index (κ1) is 17.7. The van der Waals surface area contributed by atoms with Crippen LogP contribution in [0.4, 0.5) is 8.78 Å². The fourth-order valence-electron chi connectivity index (χ4n) is 3.86. The SMILES string of the molecule is O[C@@H](CNC1(c2ccc(F)cc2F)CCCC1)CN1CCOCC1. The number of nitrogens with one attached hydrogen (secondary N) is 1. The van der Waals surface area contributed by atoms with Crippen LogP contribution in [0, 0.1) is 11.6 Å². The monoisotopic (exact) mass is 340 g/mol. The lowest BCUT2D eigenvalue weighted by Gasteiger charge is -2.34. The fourth-order valence-corrected chi connectivity index (χ4v) is 3.86. The van der Waals surface area contributed by atoms with E-state index in [1.807, 2.05) is 0 Å². The average Bonchev–Trinajstić information content (AvgIpc) is 3.04. The molecule has 0 bridgehead atoms. The second-order valence-corrected chi connectivity index (χ2v) is 6.86. The largest absolute Gasteiger partial charge is 0.390 e. The summed E-state index contributed by atoms with van der Waals surface area (Å²) < 4.78 is 32.8. The van der Waals surface area contributed by atoms with Crippen molar-refractivity contribution in [2.75, 3.05) is 39.4 Å². The van der Waals surface area contributed by atoms with Crippen LogP contribution in [0.15, 0.2) is 18.2 Å². The summed E-state index contributed by atoms with van der Waals surface area (Å²) >= 11 is 0. The van der Waals surface area contributed by atoms with Crippen molar-refractivity contribution in [2.24, 2.45) is 0 Å². The van der Waals surface area contributed by atoms with E-state index < -0.39 is 23.3 Å². The third-order valence-corrected chi connectivity index (χ3v) is 5.15. The van der Waals surface area contributed by atoms with Crippen LogP contribution in [0.3, 0.4) is 0 Å². The van der Waals surface area contributed by atoms with Gasteiger partial charge in [-0.2, -0.15) is 0 Å². The number of hydrogen-bond donors (Lipinski definition) is 2. The Morgan fingerprint density at radius 2 is 1.92 bits per heavy atom. The first-order valence-electron chi connectivity index (χ1n) is 8.78. The number of aliphatic hydroxyl groups is 1. The van der Waals surface area contributed by atoms with Gasteiger partial charge >= 0.3 is 0 Å². The molecule has 1 aliphatic carbocycles. The Labute approximate surface area is 141 Å². The van der Waals surface area contributed by atoms with Crippen molar-refractivity contribution in [3.8, 4) is 0 Å². The molecule has 0 radical (unpaired) electrons. The molecule has 1 atom stereocenters. The number of halogens is 2. The van der Waals surface area contributed by atoms with E-state index in [1.54, 1.807) is 0 Å². The molecule has 2 aliphatic rings. The van der Waals surface area contributed by atoms with Crippen LogP contribution < -0.4 is 5.32 Å². The minimum absolute atomic E-state index is 0.397. The van der Waals surface area contributed by atoms with Crippen molar-refractivity contribution in [3.63, 3.8) is 0 Å². The Bertz CT molecular complexity index is 544. The Hall–Kier alpha value is -1.08. The van der Waals surface area contributed by atoms with E-state index in [2.05, 4.69) is 10.2 Å². The van der Waals surface area contributed by atoms with Gasteiger partial charge in [0.1, 0.15) is 11.6 Å². The summed E-state index contributed by atoms with van der Waals surface area (Å²) in [6.45, 7) is 4.03. The predicted octanol–water partition coefficient (Wildman–Crippen LogP) is 2.02. The van der Waals surface area contributed by atoms with Crippen molar-refractivity contribution in [1.82, 2.24) is 10.2 Å². The molecule has 1 aliphatic heterocycles. The summed E-state index contributed by atoms with van der Waals surface area (Å²) in [6.07, 6.45) is 3.09. The van der Waals surface area contributed by atoms with Gasteiger partial charge < -0.3 is 15.2 Å². The van der Waals surface area contributed by atoms with Crippen molar-refractivity contribution < 1.29 is 18.6 Å². The molecule has 4 nitrogen and oxygen atoms in total. The number of hydrogen-bond acceptors (Lipinski definition) is 4. The average molecular weight is 340 g/mol. The van der Waals surface area contributed by atoms with Gasteiger partial charge in [0.2, 0.25) is 0 Å². The number of ether oxygens (including phenoxy) is 1. The van der Waals surface area contributed by atoms with Crippen molar-refractivity contribution in [3.05, 3.63) is 35.4 Å². The van der Waals surface area contributed by atoms with E-state index in [0.717, 1.165) is 44.8 Å². The molecule has 1 saturated heterocycles. The highest BCUT2D eigenvalue weighted by Gasteiger charge is 2.37. The van der Waals surface area contributed by atoms with E-state index in [4.69, 9.17) is 4.74 Å². The van der Waals surface area contributed by atoms with Gasteiger partial charge in [0, 0.05) is 43.3 Å². The van der Waals surface area contributed by atoms with Crippen LogP contribution >= 0.6 is 0 Å². The molecular formula is C18H26F2N2O2. The summed E-state index contributed by atoms with van der Waals surface area (Å²) in [7, 11) is 0. The molecule has 3 rings (SSSR count). The molecule has 1 aromatic carbocycles. The summed E-state index contributed by atoms with van der Waals surface area (Å²) in [4.78, 5) is 2.18. The molecule has 0 unspecified atom stereocenters. The van der Waals surface area contributed by atoms with Gasteiger partial charge in [0.15, 0.2) is 0 Å². The lowest BCUT2D eigenvalue weighted by molar-refractivity contribution is 0.0133. The van der Waals surface area contributed by atoms with Crippen LogP contribution in [-0.4, -0.2) is 55.5 Å². The molecular weight excluding hydrogens is 314 g/mol. The van der Waals surface area contributed by atoms with Gasteiger partial charge in [-0.3, -0.25) is 4.90 Å². The molecule has 0 amide bonds. The van der Waals surface area contributed by atoms with Gasteiger partial charge in [-0.15, -0.1) is 0 Å². The molecule has 1 heterocycles. The molecule has 2 fully saturated rings. The predicted molar refractivity (Wildman–Crippen MR) is 87.8 cm³/mol. The molecule has 6 heteroatoms.